The Labute approximate surface area is 123 Å². The summed E-state index contributed by atoms with van der Waals surface area (Å²) in [6, 6.07) is 1.86. The lowest BCUT2D eigenvalue weighted by Crippen LogP contribution is -2.21. The number of hydrogen-bond donors (Lipinski definition) is 2. The van der Waals surface area contributed by atoms with Crippen LogP contribution in [0.5, 0.6) is 0 Å². The van der Waals surface area contributed by atoms with Crippen LogP contribution in [-0.4, -0.2) is 45.9 Å². The molecule has 0 radical (unpaired) electrons. The van der Waals surface area contributed by atoms with Gasteiger partial charge in [-0.3, -0.25) is 4.21 Å². The maximum absolute atomic E-state index is 11.3. The van der Waals surface area contributed by atoms with Crippen LogP contribution in [0.4, 0.5) is 11.6 Å². The highest BCUT2D eigenvalue weighted by molar-refractivity contribution is 7.84. The fraction of sp³-hybridized carbons (Fsp3) is 0.692. The highest BCUT2D eigenvalue weighted by Crippen LogP contribution is 2.12. The average Bonchev–Trinajstić information content (AvgIpc) is 2.42. The van der Waals surface area contributed by atoms with Crippen LogP contribution in [0.1, 0.15) is 26.1 Å². The summed E-state index contributed by atoms with van der Waals surface area (Å²) in [7, 11) is 0.767. The molecule has 0 spiro atoms. The zero-order chi connectivity index (χ0) is 15.0. The molecule has 1 rings (SSSR count). The third-order valence-corrected chi connectivity index (χ3v) is 4.04. The standard InChI is InChI=1S/C13H24N4O2S/c1-5-6-14-11-7-12(15-8-10(2)20(4)18)17-13(16-11)9-19-3/h7,10H,5-6,8-9H2,1-4H3,(H2,14,15,16,17). The largest absolute Gasteiger partial charge is 0.377 e. The van der Waals surface area contributed by atoms with Gasteiger partial charge in [0.05, 0.1) is 0 Å². The molecule has 2 atom stereocenters. The van der Waals surface area contributed by atoms with Crippen molar-refractivity contribution < 1.29 is 8.95 Å². The lowest BCUT2D eigenvalue weighted by Gasteiger charge is -2.13. The first-order chi connectivity index (χ1) is 9.56. The van der Waals surface area contributed by atoms with Crippen molar-refractivity contribution in [1.29, 1.82) is 0 Å². The molecule has 0 amide bonds. The molecular weight excluding hydrogens is 276 g/mol. The SMILES string of the molecule is CCCNc1cc(NCC(C)S(C)=O)nc(COC)n1. The molecular formula is C13H24N4O2S. The number of anilines is 2. The van der Waals surface area contributed by atoms with Crippen LogP contribution in [-0.2, 0) is 22.1 Å². The molecule has 0 aliphatic rings. The number of nitrogens with zero attached hydrogens (tertiary/aromatic N) is 2. The lowest BCUT2D eigenvalue weighted by molar-refractivity contribution is 0.178. The van der Waals surface area contributed by atoms with Gasteiger partial charge in [0.15, 0.2) is 5.82 Å². The average molecular weight is 300 g/mol. The van der Waals surface area contributed by atoms with Crippen molar-refractivity contribution in [1.82, 2.24) is 9.97 Å². The van der Waals surface area contributed by atoms with Crippen LogP contribution in [0.2, 0.25) is 0 Å². The van der Waals surface area contributed by atoms with Crippen molar-refractivity contribution >= 4 is 22.4 Å². The minimum Gasteiger partial charge on any atom is -0.377 e. The molecule has 0 aliphatic carbocycles. The highest BCUT2D eigenvalue weighted by atomic mass is 32.2. The maximum Gasteiger partial charge on any atom is 0.158 e. The van der Waals surface area contributed by atoms with Gasteiger partial charge in [0.2, 0.25) is 0 Å². The van der Waals surface area contributed by atoms with Crippen molar-refractivity contribution in [2.75, 3.05) is 37.1 Å². The van der Waals surface area contributed by atoms with Crippen LogP contribution in [0.15, 0.2) is 6.07 Å². The van der Waals surface area contributed by atoms with E-state index in [-0.39, 0.29) is 5.25 Å². The summed E-state index contributed by atoms with van der Waals surface area (Å²) in [4.78, 5) is 8.75. The van der Waals surface area contributed by atoms with Crippen LogP contribution < -0.4 is 10.6 Å². The summed E-state index contributed by atoms with van der Waals surface area (Å²) < 4.78 is 16.4. The summed E-state index contributed by atoms with van der Waals surface area (Å²) in [5.74, 6) is 2.13. The fourth-order valence-electron chi connectivity index (χ4n) is 1.49. The van der Waals surface area contributed by atoms with Crippen molar-refractivity contribution in [2.45, 2.75) is 32.1 Å². The van der Waals surface area contributed by atoms with E-state index >= 15 is 0 Å². The molecule has 0 aliphatic heterocycles. The van der Waals surface area contributed by atoms with Gasteiger partial charge in [-0.15, -0.1) is 0 Å². The summed E-state index contributed by atoms with van der Waals surface area (Å²) in [5, 5.41) is 6.51. The molecule has 1 aromatic rings. The monoisotopic (exact) mass is 300 g/mol. The first-order valence-corrected chi connectivity index (χ1v) is 8.35. The van der Waals surface area contributed by atoms with Gasteiger partial charge in [0, 0.05) is 48.6 Å². The highest BCUT2D eigenvalue weighted by Gasteiger charge is 2.08. The Bertz CT molecular complexity index is 442. The zero-order valence-electron chi connectivity index (χ0n) is 12.6. The number of nitrogens with one attached hydrogen (secondary N) is 2. The number of rotatable bonds is 9. The van der Waals surface area contributed by atoms with Crippen molar-refractivity contribution in [2.24, 2.45) is 0 Å². The first kappa shape index (κ1) is 16.8. The Hall–Kier alpha value is -1.21. The molecule has 2 unspecified atom stereocenters. The molecule has 7 heteroatoms. The van der Waals surface area contributed by atoms with E-state index in [0.29, 0.717) is 19.0 Å². The van der Waals surface area contributed by atoms with Crippen molar-refractivity contribution in [3.63, 3.8) is 0 Å². The molecule has 0 bridgehead atoms. The number of aromatic nitrogens is 2. The smallest absolute Gasteiger partial charge is 0.158 e. The molecule has 0 aromatic carbocycles. The van der Waals surface area contributed by atoms with E-state index < -0.39 is 10.8 Å². The molecule has 0 fully saturated rings. The third kappa shape index (κ3) is 5.83. The quantitative estimate of drug-likeness (QED) is 0.722. The van der Waals surface area contributed by atoms with Crippen LogP contribution in [0.3, 0.4) is 0 Å². The first-order valence-electron chi connectivity index (χ1n) is 6.73. The number of ether oxygens (including phenoxy) is 1. The molecule has 20 heavy (non-hydrogen) atoms. The third-order valence-electron chi connectivity index (χ3n) is 2.74. The molecule has 1 heterocycles. The van der Waals surface area contributed by atoms with E-state index in [0.717, 1.165) is 24.6 Å². The van der Waals surface area contributed by atoms with Crippen molar-refractivity contribution in [3.05, 3.63) is 11.9 Å². The summed E-state index contributed by atoms with van der Waals surface area (Å²) in [5.41, 5.74) is 0. The predicted molar refractivity (Wildman–Crippen MR) is 83.5 cm³/mol. The minimum absolute atomic E-state index is 0.0721. The van der Waals surface area contributed by atoms with Crippen LogP contribution >= 0.6 is 0 Å². The van der Waals surface area contributed by atoms with Gasteiger partial charge in [-0.1, -0.05) is 6.92 Å². The molecule has 0 saturated carbocycles. The maximum atomic E-state index is 11.3. The summed E-state index contributed by atoms with van der Waals surface area (Å²) in [6.45, 7) is 5.88. The van der Waals surface area contributed by atoms with Crippen molar-refractivity contribution in [3.8, 4) is 0 Å². The molecule has 2 N–H and O–H groups in total. The Morgan fingerprint density at radius 3 is 2.55 bits per heavy atom. The van der Waals surface area contributed by atoms with Gasteiger partial charge >= 0.3 is 0 Å². The second-order valence-corrected chi connectivity index (χ2v) is 6.41. The van der Waals surface area contributed by atoms with Gasteiger partial charge in [-0.05, 0) is 13.3 Å². The van der Waals surface area contributed by atoms with Gasteiger partial charge in [-0.2, -0.15) is 0 Å². The van der Waals surface area contributed by atoms with Gasteiger partial charge in [0.1, 0.15) is 18.2 Å². The molecule has 0 saturated heterocycles. The Balaban J connectivity index is 2.76. The fourth-order valence-corrected chi connectivity index (χ4v) is 1.81. The summed E-state index contributed by atoms with van der Waals surface area (Å²) in [6.07, 6.45) is 2.73. The second kappa shape index (κ2) is 8.86. The van der Waals surface area contributed by atoms with Gasteiger partial charge < -0.3 is 15.4 Å². The van der Waals surface area contributed by atoms with E-state index in [4.69, 9.17) is 4.74 Å². The topological polar surface area (TPSA) is 76.1 Å². The molecule has 1 aromatic heterocycles. The van der Waals surface area contributed by atoms with E-state index in [1.54, 1.807) is 13.4 Å². The minimum atomic E-state index is -0.849. The van der Waals surface area contributed by atoms with E-state index in [9.17, 15) is 4.21 Å². The predicted octanol–water partition coefficient (Wildman–Crippen LogP) is 1.62. The Morgan fingerprint density at radius 2 is 2.00 bits per heavy atom. The zero-order valence-corrected chi connectivity index (χ0v) is 13.4. The van der Waals surface area contributed by atoms with Crippen LogP contribution in [0, 0.1) is 0 Å². The molecule has 6 nitrogen and oxygen atoms in total. The van der Waals surface area contributed by atoms with E-state index in [1.165, 1.54) is 0 Å². The van der Waals surface area contributed by atoms with E-state index in [1.807, 2.05) is 13.0 Å². The van der Waals surface area contributed by atoms with Gasteiger partial charge in [0.25, 0.3) is 0 Å². The normalized spacial score (nSPS) is 13.8. The Kier molecular flexibility index (Phi) is 7.46. The van der Waals surface area contributed by atoms with Crippen LogP contribution in [0.25, 0.3) is 0 Å². The Morgan fingerprint density at radius 1 is 1.35 bits per heavy atom. The lowest BCUT2D eigenvalue weighted by atomic mass is 10.4. The number of hydrogen-bond acceptors (Lipinski definition) is 6. The summed E-state index contributed by atoms with van der Waals surface area (Å²) >= 11 is 0. The number of methoxy groups -OCH3 is 1. The second-order valence-electron chi connectivity index (χ2n) is 4.60. The van der Waals surface area contributed by atoms with E-state index in [2.05, 4.69) is 27.5 Å². The molecule has 114 valence electrons. The van der Waals surface area contributed by atoms with Gasteiger partial charge in [-0.25, -0.2) is 9.97 Å².